The Bertz CT molecular complexity index is 193. The first kappa shape index (κ1) is 15.3. The normalized spacial score (nSPS) is 15.4. The molecule has 16 heavy (non-hydrogen) atoms. The molecule has 0 atom stereocenters. The summed E-state index contributed by atoms with van der Waals surface area (Å²) in [5.41, 5.74) is -6.01. The number of hydrogen-bond donors (Lipinski definition) is 0. The van der Waals surface area contributed by atoms with Crippen molar-refractivity contribution < 1.29 is 43.9 Å². The van der Waals surface area contributed by atoms with Gasteiger partial charge in [0.2, 0.25) is 0 Å². The Labute approximate surface area is 82.2 Å². The van der Waals surface area contributed by atoms with E-state index in [1.54, 1.807) is 0 Å². The predicted molar refractivity (Wildman–Crippen MR) is 31.2 cm³/mol. The van der Waals surface area contributed by atoms with E-state index in [0.29, 0.717) is 0 Å². The number of alkyl halides is 10. The van der Waals surface area contributed by atoms with Gasteiger partial charge in [0.05, 0.1) is 6.67 Å². The summed E-state index contributed by atoms with van der Waals surface area (Å²) in [7, 11) is 0. The molecule has 0 N–H and O–H groups in total. The van der Waals surface area contributed by atoms with Crippen LogP contribution in [-0.4, -0.2) is 25.2 Å². The van der Waals surface area contributed by atoms with Crippen LogP contribution in [0.4, 0.5) is 43.9 Å². The molecular weight excluding hydrogens is 262 g/mol. The Balaban J connectivity index is 5.82. The van der Waals surface area contributed by atoms with E-state index in [2.05, 4.69) is 0 Å². The molecule has 0 aliphatic rings. The Hall–Kier alpha value is -0.700. The summed E-state index contributed by atoms with van der Waals surface area (Å²) >= 11 is 0. The monoisotopic (exact) mass is 266 g/mol. The molecule has 0 aliphatic heterocycles. The lowest BCUT2D eigenvalue weighted by atomic mass is 9.82. The van der Waals surface area contributed by atoms with Crippen molar-refractivity contribution in [2.75, 3.05) is 6.67 Å². The molecule has 0 spiro atoms. The highest BCUT2D eigenvalue weighted by Crippen LogP contribution is 2.61. The summed E-state index contributed by atoms with van der Waals surface area (Å²) in [5.74, 6) is 0. The molecule has 0 saturated carbocycles. The molecule has 0 heterocycles. The maximum absolute atomic E-state index is 11.9. The molecule has 0 nitrogen and oxygen atoms in total. The van der Waals surface area contributed by atoms with Crippen LogP contribution in [0.2, 0.25) is 0 Å². The highest BCUT2D eigenvalue weighted by molar-refractivity contribution is 4.99. The molecule has 0 aromatic carbocycles. The summed E-state index contributed by atoms with van der Waals surface area (Å²) in [6.45, 7) is -2.39. The van der Waals surface area contributed by atoms with Gasteiger partial charge in [-0.2, -0.15) is 39.5 Å². The van der Waals surface area contributed by atoms with Crippen molar-refractivity contribution in [1.82, 2.24) is 0 Å². The summed E-state index contributed by atoms with van der Waals surface area (Å²) in [5, 5.41) is 0. The maximum atomic E-state index is 11.9. The summed E-state index contributed by atoms with van der Waals surface area (Å²) in [6.07, 6.45) is -22.7. The fraction of sp³-hybridized carbons (Fsp3) is 1.00. The van der Waals surface area contributed by atoms with E-state index in [-0.39, 0.29) is 0 Å². The summed E-state index contributed by atoms with van der Waals surface area (Å²) in [4.78, 5) is 0. The fourth-order valence-corrected chi connectivity index (χ4v) is 1.05. The van der Waals surface area contributed by atoms with Crippen molar-refractivity contribution in [3.8, 4) is 0 Å². The van der Waals surface area contributed by atoms with Crippen LogP contribution < -0.4 is 0 Å². The lowest BCUT2D eigenvalue weighted by Gasteiger charge is -2.37. The molecule has 0 rings (SSSR count). The zero-order valence-corrected chi connectivity index (χ0v) is 7.19. The number of rotatable bonds is 2. The SMILES string of the molecule is FCCC(C(F)(F)F)(C(F)(F)F)C(F)(F)F. The molecule has 98 valence electrons. The fourth-order valence-electron chi connectivity index (χ4n) is 1.05. The Kier molecular flexibility index (Phi) is 3.78. The smallest absolute Gasteiger partial charge is 0.251 e. The minimum atomic E-state index is -6.66. The van der Waals surface area contributed by atoms with Gasteiger partial charge in [-0.1, -0.05) is 0 Å². The van der Waals surface area contributed by atoms with Crippen LogP contribution in [0.3, 0.4) is 0 Å². The third-order valence-electron chi connectivity index (χ3n) is 1.92. The minimum absolute atomic E-state index is 2.39. The van der Waals surface area contributed by atoms with Gasteiger partial charge < -0.3 is 0 Å². The predicted octanol–water partition coefficient (Wildman–Crippen LogP) is 4.02. The second-order valence-corrected chi connectivity index (χ2v) is 2.84. The Morgan fingerprint density at radius 2 is 0.812 bits per heavy atom. The average molecular weight is 266 g/mol. The van der Waals surface area contributed by atoms with Crippen LogP contribution in [0.1, 0.15) is 6.42 Å². The van der Waals surface area contributed by atoms with Crippen molar-refractivity contribution >= 4 is 0 Å². The van der Waals surface area contributed by atoms with E-state index >= 15 is 0 Å². The van der Waals surface area contributed by atoms with Crippen molar-refractivity contribution in [3.05, 3.63) is 0 Å². The van der Waals surface area contributed by atoms with Crippen molar-refractivity contribution in [1.29, 1.82) is 0 Å². The van der Waals surface area contributed by atoms with Crippen LogP contribution in [0, 0.1) is 5.41 Å². The third-order valence-corrected chi connectivity index (χ3v) is 1.92. The van der Waals surface area contributed by atoms with E-state index in [4.69, 9.17) is 0 Å². The van der Waals surface area contributed by atoms with Crippen LogP contribution in [0.15, 0.2) is 0 Å². The first-order valence-corrected chi connectivity index (χ1v) is 3.57. The van der Waals surface area contributed by atoms with Gasteiger partial charge in [0.1, 0.15) is 0 Å². The van der Waals surface area contributed by atoms with E-state index in [0.717, 1.165) is 0 Å². The molecular formula is C6H4F10. The third kappa shape index (κ3) is 2.19. The first-order chi connectivity index (χ1) is 6.81. The lowest BCUT2D eigenvalue weighted by molar-refractivity contribution is -0.429. The largest absolute Gasteiger partial charge is 0.412 e. The first-order valence-electron chi connectivity index (χ1n) is 3.57. The molecule has 0 fully saturated rings. The number of hydrogen-bond acceptors (Lipinski definition) is 0. The van der Waals surface area contributed by atoms with E-state index in [1.165, 1.54) is 0 Å². The molecule has 0 aliphatic carbocycles. The van der Waals surface area contributed by atoms with Gasteiger partial charge in [0.25, 0.3) is 5.41 Å². The summed E-state index contributed by atoms with van der Waals surface area (Å²) in [6, 6.07) is 0. The quantitative estimate of drug-likeness (QED) is 0.662. The lowest BCUT2D eigenvalue weighted by Crippen LogP contribution is -2.59. The van der Waals surface area contributed by atoms with Gasteiger partial charge in [-0.05, 0) is 0 Å². The van der Waals surface area contributed by atoms with Crippen molar-refractivity contribution in [2.45, 2.75) is 24.9 Å². The zero-order valence-electron chi connectivity index (χ0n) is 7.19. The van der Waals surface area contributed by atoms with Crippen LogP contribution >= 0.6 is 0 Å². The van der Waals surface area contributed by atoms with Crippen LogP contribution in [0.25, 0.3) is 0 Å². The standard InChI is InChI=1S/C6H4F10/c7-2-1-3(4(8,9)10,5(11,12)13)6(14,15)16/h1-2H2. The second kappa shape index (κ2) is 3.95. The molecule has 0 aromatic heterocycles. The summed E-state index contributed by atoms with van der Waals surface area (Å²) < 4.78 is 119. The van der Waals surface area contributed by atoms with Gasteiger partial charge in [-0.25, -0.2) is 0 Å². The number of halogens is 10. The Morgan fingerprint density at radius 3 is 0.875 bits per heavy atom. The van der Waals surface area contributed by atoms with Gasteiger partial charge in [-0.3, -0.25) is 4.39 Å². The topological polar surface area (TPSA) is 0 Å². The second-order valence-electron chi connectivity index (χ2n) is 2.84. The molecule has 0 radical (unpaired) electrons. The van der Waals surface area contributed by atoms with Crippen molar-refractivity contribution in [3.63, 3.8) is 0 Å². The van der Waals surface area contributed by atoms with Gasteiger partial charge in [0, 0.05) is 6.42 Å². The van der Waals surface area contributed by atoms with Gasteiger partial charge >= 0.3 is 18.5 Å². The highest BCUT2D eigenvalue weighted by atomic mass is 19.4. The van der Waals surface area contributed by atoms with E-state index in [9.17, 15) is 43.9 Å². The van der Waals surface area contributed by atoms with Crippen LogP contribution in [-0.2, 0) is 0 Å². The van der Waals surface area contributed by atoms with Crippen LogP contribution in [0.5, 0.6) is 0 Å². The molecule has 10 heteroatoms. The average Bonchev–Trinajstić information content (AvgIpc) is 1.91. The highest BCUT2D eigenvalue weighted by Gasteiger charge is 2.82. The maximum Gasteiger partial charge on any atom is 0.412 e. The molecule has 0 aromatic rings. The molecule has 0 unspecified atom stereocenters. The molecule has 0 saturated heterocycles. The van der Waals surface area contributed by atoms with E-state index < -0.39 is 37.0 Å². The molecule has 0 bridgehead atoms. The zero-order chi connectivity index (χ0) is 13.4. The minimum Gasteiger partial charge on any atom is -0.251 e. The Morgan fingerprint density at radius 1 is 0.562 bits per heavy atom. The molecule has 0 amide bonds. The van der Waals surface area contributed by atoms with E-state index in [1.807, 2.05) is 0 Å². The van der Waals surface area contributed by atoms with Gasteiger partial charge in [0.15, 0.2) is 0 Å². The van der Waals surface area contributed by atoms with Crippen molar-refractivity contribution in [2.24, 2.45) is 5.41 Å². The van der Waals surface area contributed by atoms with Gasteiger partial charge in [-0.15, -0.1) is 0 Å².